The second-order valence-corrected chi connectivity index (χ2v) is 8.29. The molecule has 3 N–H and O–H groups in total. The van der Waals surface area contributed by atoms with Gasteiger partial charge >= 0.3 is 0 Å². The van der Waals surface area contributed by atoms with Crippen LogP contribution in [0.2, 0.25) is 0 Å². The highest BCUT2D eigenvalue weighted by molar-refractivity contribution is 7.92. The molecule has 0 amide bonds. The van der Waals surface area contributed by atoms with Gasteiger partial charge in [-0.15, -0.1) is 0 Å². The number of H-pyrrole nitrogens is 1. The fourth-order valence-corrected chi connectivity index (χ4v) is 4.11. The summed E-state index contributed by atoms with van der Waals surface area (Å²) < 4.78 is 29.6. The molecule has 134 valence electrons. The summed E-state index contributed by atoms with van der Waals surface area (Å²) in [5.41, 5.74) is 1.80. The number of hydrogen-bond acceptors (Lipinski definition) is 5. The number of benzene rings is 1. The zero-order valence-electron chi connectivity index (χ0n) is 14.0. The van der Waals surface area contributed by atoms with Crippen LogP contribution in [0.15, 0.2) is 35.6 Å². The van der Waals surface area contributed by atoms with Crippen LogP contribution in [0.25, 0.3) is 10.9 Å². The van der Waals surface area contributed by atoms with Gasteiger partial charge in [0.15, 0.2) is 0 Å². The van der Waals surface area contributed by atoms with Gasteiger partial charge in [0.05, 0.1) is 35.1 Å². The Morgan fingerprint density at radius 3 is 2.88 bits per heavy atom. The number of nitrogens with one attached hydrogen (secondary N) is 2. The number of aromatic nitrogens is 3. The van der Waals surface area contributed by atoms with Gasteiger partial charge in [-0.2, -0.15) is 10.4 Å². The summed E-state index contributed by atoms with van der Waals surface area (Å²) in [7, 11) is -3.85. The number of sulfonamides is 1. The Labute approximate surface area is 150 Å². The van der Waals surface area contributed by atoms with Crippen molar-refractivity contribution in [2.45, 2.75) is 30.2 Å². The first-order valence-corrected chi connectivity index (χ1v) is 9.58. The van der Waals surface area contributed by atoms with Crippen molar-refractivity contribution >= 4 is 26.6 Å². The quantitative estimate of drug-likeness (QED) is 0.631. The number of fused-ring (bicyclic) bond motifs is 1. The molecule has 2 heterocycles. The van der Waals surface area contributed by atoms with E-state index in [0.29, 0.717) is 22.2 Å². The van der Waals surface area contributed by atoms with E-state index in [1.165, 1.54) is 17.1 Å². The summed E-state index contributed by atoms with van der Waals surface area (Å²) in [6, 6.07) is 5.53. The van der Waals surface area contributed by atoms with Crippen molar-refractivity contribution in [2.24, 2.45) is 0 Å². The number of aliphatic hydroxyl groups excluding tert-OH is 1. The first-order valence-electron chi connectivity index (χ1n) is 8.10. The van der Waals surface area contributed by atoms with Gasteiger partial charge < -0.3 is 10.1 Å². The zero-order chi connectivity index (χ0) is 18.5. The van der Waals surface area contributed by atoms with Gasteiger partial charge in [-0.25, -0.2) is 8.42 Å². The molecule has 4 rings (SSSR count). The lowest BCUT2D eigenvalue weighted by atomic mass is 10.1. The maximum absolute atomic E-state index is 12.7. The summed E-state index contributed by atoms with van der Waals surface area (Å²) >= 11 is 0. The van der Waals surface area contributed by atoms with Crippen molar-refractivity contribution in [1.29, 1.82) is 5.26 Å². The van der Waals surface area contributed by atoms with Crippen LogP contribution in [-0.4, -0.2) is 34.9 Å². The third-order valence-corrected chi connectivity index (χ3v) is 6.21. The van der Waals surface area contributed by atoms with Gasteiger partial charge in [-0.1, -0.05) is 6.07 Å². The van der Waals surface area contributed by atoms with Gasteiger partial charge in [-0.3, -0.25) is 9.40 Å². The summed E-state index contributed by atoms with van der Waals surface area (Å²) in [4.78, 5) is 2.99. The highest BCUT2D eigenvalue weighted by Gasteiger charge is 2.45. The molecule has 9 heteroatoms. The minimum Gasteiger partial charge on any atom is -0.394 e. The first kappa shape index (κ1) is 16.6. The Morgan fingerprint density at radius 2 is 2.23 bits per heavy atom. The first-order chi connectivity index (χ1) is 12.4. The molecule has 0 unspecified atom stereocenters. The summed E-state index contributed by atoms with van der Waals surface area (Å²) in [5.74, 6) is 0. The average Bonchev–Trinajstić information content (AvgIpc) is 3.07. The molecule has 1 aliphatic rings. The minimum atomic E-state index is -3.85. The van der Waals surface area contributed by atoms with Crippen LogP contribution < -0.4 is 4.72 Å². The standard InChI is InChI=1S/C17H17N5O3S/c1-11-2-3-14(16-15(11)12(6-18)7-19-16)21-26(24,25)13-8-20-22(9-13)17(10-23)4-5-17/h2-3,7-9,19,21,23H,4-5,10H2,1H3. The highest BCUT2D eigenvalue weighted by atomic mass is 32.2. The molecular formula is C17H17N5O3S. The predicted octanol–water partition coefficient (Wildman–Crippen LogP) is 1.83. The molecule has 1 aliphatic carbocycles. The average molecular weight is 371 g/mol. The molecule has 1 saturated carbocycles. The molecule has 0 aliphatic heterocycles. The van der Waals surface area contributed by atoms with E-state index < -0.39 is 15.6 Å². The number of nitriles is 1. The molecule has 8 nitrogen and oxygen atoms in total. The number of aryl methyl sites for hydroxylation is 1. The maximum atomic E-state index is 12.7. The molecule has 2 aromatic heterocycles. The zero-order valence-corrected chi connectivity index (χ0v) is 14.8. The number of hydrogen-bond donors (Lipinski definition) is 3. The monoisotopic (exact) mass is 371 g/mol. The van der Waals surface area contributed by atoms with Crippen LogP contribution in [0.4, 0.5) is 5.69 Å². The number of anilines is 1. The van der Waals surface area contributed by atoms with E-state index in [0.717, 1.165) is 18.4 Å². The molecule has 26 heavy (non-hydrogen) atoms. The largest absolute Gasteiger partial charge is 0.394 e. The lowest BCUT2D eigenvalue weighted by molar-refractivity contribution is 0.202. The van der Waals surface area contributed by atoms with Gasteiger partial charge in [-0.05, 0) is 31.4 Å². The number of nitrogens with zero attached hydrogens (tertiary/aromatic N) is 3. The molecule has 1 fully saturated rings. The predicted molar refractivity (Wildman–Crippen MR) is 95.1 cm³/mol. The van der Waals surface area contributed by atoms with Crippen LogP contribution in [0.5, 0.6) is 0 Å². The van der Waals surface area contributed by atoms with Crippen molar-refractivity contribution < 1.29 is 13.5 Å². The van der Waals surface area contributed by atoms with Gasteiger partial charge in [0.1, 0.15) is 11.0 Å². The van der Waals surface area contributed by atoms with E-state index in [-0.39, 0.29) is 11.5 Å². The van der Waals surface area contributed by atoms with Crippen LogP contribution in [0, 0.1) is 18.3 Å². The van der Waals surface area contributed by atoms with Crippen LogP contribution in [0.1, 0.15) is 24.0 Å². The van der Waals surface area contributed by atoms with E-state index in [1.807, 2.05) is 6.92 Å². The third kappa shape index (κ3) is 2.46. The SMILES string of the molecule is Cc1ccc(NS(=O)(=O)c2cnn(C3(CO)CC3)c2)c2[nH]cc(C#N)c12. The van der Waals surface area contributed by atoms with Crippen molar-refractivity contribution in [3.8, 4) is 6.07 Å². The lowest BCUT2D eigenvalue weighted by Gasteiger charge is -2.12. The number of rotatable bonds is 5. The van der Waals surface area contributed by atoms with Crippen LogP contribution in [0.3, 0.4) is 0 Å². The number of aliphatic hydroxyl groups is 1. The second-order valence-electron chi connectivity index (χ2n) is 6.60. The molecule has 0 spiro atoms. The fraction of sp³-hybridized carbons (Fsp3) is 0.294. The van der Waals surface area contributed by atoms with Gasteiger partial charge in [0, 0.05) is 17.8 Å². The topological polar surface area (TPSA) is 124 Å². The number of aromatic amines is 1. The summed E-state index contributed by atoms with van der Waals surface area (Å²) in [6.45, 7) is 1.79. The van der Waals surface area contributed by atoms with E-state index >= 15 is 0 Å². The molecule has 1 aromatic carbocycles. The Bertz CT molecular complexity index is 1150. The smallest absolute Gasteiger partial charge is 0.265 e. The van der Waals surface area contributed by atoms with E-state index in [4.69, 9.17) is 0 Å². The Morgan fingerprint density at radius 1 is 1.46 bits per heavy atom. The van der Waals surface area contributed by atoms with Gasteiger partial charge in [0.2, 0.25) is 0 Å². The Kier molecular flexibility index (Phi) is 3.57. The normalized spacial score (nSPS) is 15.7. The van der Waals surface area contributed by atoms with E-state index in [1.54, 1.807) is 18.3 Å². The van der Waals surface area contributed by atoms with E-state index in [9.17, 15) is 18.8 Å². The van der Waals surface area contributed by atoms with Gasteiger partial charge in [0.25, 0.3) is 10.0 Å². The highest BCUT2D eigenvalue weighted by Crippen LogP contribution is 2.42. The van der Waals surface area contributed by atoms with Crippen LogP contribution in [-0.2, 0) is 15.6 Å². The van der Waals surface area contributed by atoms with Crippen molar-refractivity contribution in [2.75, 3.05) is 11.3 Å². The third-order valence-electron chi connectivity index (χ3n) is 4.89. The maximum Gasteiger partial charge on any atom is 0.265 e. The Hall–Kier alpha value is -2.83. The molecule has 0 radical (unpaired) electrons. The van der Waals surface area contributed by atoms with Crippen molar-refractivity contribution in [1.82, 2.24) is 14.8 Å². The molecule has 0 saturated heterocycles. The molecule has 0 atom stereocenters. The van der Waals surface area contributed by atoms with Crippen LogP contribution >= 0.6 is 0 Å². The molecule has 0 bridgehead atoms. The minimum absolute atomic E-state index is 0.0259. The van der Waals surface area contributed by atoms with Crippen molar-refractivity contribution in [3.05, 3.63) is 41.9 Å². The second kappa shape index (κ2) is 5.59. The molecule has 3 aromatic rings. The summed E-state index contributed by atoms with van der Waals surface area (Å²) in [5, 5.41) is 23.5. The fourth-order valence-electron chi connectivity index (χ4n) is 3.11. The Balaban J connectivity index is 1.71. The summed E-state index contributed by atoms with van der Waals surface area (Å²) in [6.07, 6.45) is 5.82. The molecular weight excluding hydrogens is 354 g/mol. The van der Waals surface area contributed by atoms with Crippen molar-refractivity contribution in [3.63, 3.8) is 0 Å². The lowest BCUT2D eigenvalue weighted by Crippen LogP contribution is -2.22. The van der Waals surface area contributed by atoms with E-state index in [2.05, 4.69) is 20.9 Å².